The predicted octanol–water partition coefficient (Wildman–Crippen LogP) is -0.187. The summed E-state index contributed by atoms with van der Waals surface area (Å²) in [5.41, 5.74) is 0. The van der Waals surface area contributed by atoms with Crippen LogP contribution in [-0.2, 0) is 0 Å². The van der Waals surface area contributed by atoms with Crippen LogP contribution in [0.25, 0.3) is 0 Å². The Hall–Kier alpha value is 2.34. The summed E-state index contributed by atoms with van der Waals surface area (Å²) in [6, 6.07) is 0. The number of rotatable bonds is 0. The van der Waals surface area contributed by atoms with E-state index in [9.17, 15) is 0 Å². The summed E-state index contributed by atoms with van der Waals surface area (Å²) in [4.78, 5) is 4.91. The van der Waals surface area contributed by atoms with Gasteiger partial charge in [0, 0.05) is 0 Å². The topological polar surface area (TPSA) is 0 Å². The molecule has 0 N–H and O–H groups in total. The van der Waals surface area contributed by atoms with E-state index >= 15 is 0 Å². The van der Waals surface area contributed by atoms with Gasteiger partial charge in [0.15, 0.2) is 0 Å². The van der Waals surface area contributed by atoms with Crippen LogP contribution in [0, 0.1) is 0 Å². The molecule has 3 aliphatic heterocycles. The molecule has 0 atom stereocenters. The molecule has 0 fully saturated rings. The SMILES string of the molecule is C1=C[Se]C(=C2[Se]C3=C([Se]CC[Se]3)[Se]2)[Se]1. The molecule has 0 aliphatic carbocycles. The van der Waals surface area contributed by atoms with Crippen molar-refractivity contribution in [3.05, 3.63) is 23.4 Å². The number of hydrogen-bond donors (Lipinski definition) is 0. The molecule has 0 saturated carbocycles. The first kappa shape index (κ1) is 11.4. The van der Waals surface area contributed by atoms with Crippen molar-refractivity contribution in [2.75, 3.05) is 0 Å². The second-order valence-corrected chi connectivity index (χ2v) is 20.6. The van der Waals surface area contributed by atoms with E-state index in [-0.39, 0.29) is 0 Å². The van der Waals surface area contributed by atoms with Crippen molar-refractivity contribution in [2.24, 2.45) is 0 Å². The van der Waals surface area contributed by atoms with Crippen molar-refractivity contribution in [3.63, 3.8) is 0 Å². The van der Waals surface area contributed by atoms with E-state index in [2.05, 4.69) is 9.95 Å². The zero-order valence-corrected chi connectivity index (χ0v) is 17.3. The van der Waals surface area contributed by atoms with Crippen molar-refractivity contribution >= 4 is 89.7 Å². The maximum absolute atomic E-state index is 2.45. The van der Waals surface area contributed by atoms with Crippen molar-refractivity contribution in [2.45, 2.75) is 10.6 Å². The molecule has 6 heteroatoms. The van der Waals surface area contributed by atoms with Gasteiger partial charge in [-0.25, -0.2) is 0 Å². The first-order valence-electron chi connectivity index (χ1n) is 4.02. The molecule has 3 rings (SSSR count). The fourth-order valence-corrected chi connectivity index (χ4v) is 28.9. The summed E-state index contributed by atoms with van der Waals surface area (Å²) < 4.78 is 7.95. The van der Waals surface area contributed by atoms with Gasteiger partial charge in [0.25, 0.3) is 0 Å². The summed E-state index contributed by atoms with van der Waals surface area (Å²) in [5, 5.41) is 3.14. The molecular formula is C8H6Se6. The van der Waals surface area contributed by atoms with Gasteiger partial charge in [0.2, 0.25) is 0 Å². The molecule has 0 nitrogen and oxygen atoms in total. The van der Waals surface area contributed by atoms with Crippen LogP contribution >= 0.6 is 0 Å². The van der Waals surface area contributed by atoms with Crippen molar-refractivity contribution in [1.29, 1.82) is 0 Å². The standard InChI is InChI=1S/C8H6Se6/c1-2-10-5(9-1)8-13-6-7(14-8)12-4-3-11-6/h1-2H,3-4H2. The molecule has 3 heterocycles. The third-order valence-corrected chi connectivity index (χ3v) is 27.2. The molecule has 0 aromatic heterocycles. The van der Waals surface area contributed by atoms with E-state index in [4.69, 9.17) is 0 Å². The molecule has 14 heavy (non-hydrogen) atoms. The van der Waals surface area contributed by atoms with E-state index in [0.29, 0.717) is 0 Å². The summed E-state index contributed by atoms with van der Waals surface area (Å²) in [5.74, 6) is 0. The molecule has 0 amide bonds. The summed E-state index contributed by atoms with van der Waals surface area (Å²) in [7, 11) is 0. The predicted molar refractivity (Wildman–Crippen MR) is 67.3 cm³/mol. The summed E-state index contributed by atoms with van der Waals surface area (Å²) in [6.45, 7) is 0. The minimum atomic E-state index is 0.785. The van der Waals surface area contributed by atoms with Gasteiger partial charge < -0.3 is 0 Å². The van der Waals surface area contributed by atoms with E-state index in [1.807, 2.05) is 13.5 Å². The van der Waals surface area contributed by atoms with Crippen LogP contribution < -0.4 is 0 Å². The third-order valence-electron chi connectivity index (χ3n) is 1.66. The van der Waals surface area contributed by atoms with E-state index in [1.165, 1.54) is 0 Å². The van der Waals surface area contributed by atoms with Crippen LogP contribution in [0.5, 0.6) is 0 Å². The van der Waals surface area contributed by atoms with E-state index < -0.39 is 0 Å². The molecule has 3 aliphatic rings. The molecule has 0 spiro atoms. The Labute approximate surface area is 122 Å². The first-order valence-corrected chi connectivity index (χ1v) is 15.3. The maximum atomic E-state index is 2.45. The van der Waals surface area contributed by atoms with Gasteiger partial charge >= 0.3 is 124 Å². The van der Waals surface area contributed by atoms with Crippen LogP contribution in [0.1, 0.15) is 0 Å². The zero-order chi connectivity index (χ0) is 9.38. The third kappa shape index (κ3) is 2.44. The average molecular weight is 576 g/mol. The fraction of sp³-hybridized carbons (Fsp3) is 0.250. The van der Waals surface area contributed by atoms with Crippen molar-refractivity contribution < 1.29 is 0 Å². The Morgan fingerprint density at radius 3 is 1.86 bits per heavy atom. The quantitative estimate of drug-likeness (QED) is 0.352. The Kier molecular flexibility index (Phi) is 4.34. The second kappa shape index (κ2) is 5.32. The van der Waals surface area contributed by atoms with E-state index in [0.717, 1.165) is 89.7 Å². The van der Waals surface area contributed by atoms with Crippen LogP contribution in [-0.4, -0.2) is 89.7 Å². The average Bonchev–Trinajstić information content (AvgIpc) is 2.86. The summed E-state index contributed by atoms with van der Waals surface area (Å²) in [6.07, 6.45) is 0. The fourth-order valence-electron chi connectivity index (χ4n) is 1.10. The minimum absolute atomic E-state index is 0.785. The zero-order valence-electron chi connectivity index (χ0n) is 7.02. The normalized spacial score (nSPS) is 26.3. The van der Waals surface area contributed by atoms with Gasteiger partial charge in [-0.15, -0.1) is 0 Å². The molecular weight excluding hydrogens is 570 g/mol. The van der Waals surface area contributed by atoms with Gasteiger partial charge in [0.1, 0.15) is 0 Å². The first-order chi connectivity index (χ1) is 6.93. The Morgan fingerprint density at radius 2 is 1.29 bits per heavy atom. The monoisotopic (exact) mass is 582 g/mol. The Bertz CT molecular complexity index is 323. The molecule has 0 bridgehead atoms. The van der Waals surface area contributed by atoms with Gasteiger partial charge in [-0.2, -0.15) is 0 Å². The Morgan fingerprint density at radius 1 is 0.714 bits per heavy atom. The molecule has 0 saturated heterocycles. The molecule has 0 aromatic carbocycles. The van der Waals surface area contributed by atoms with Gasteiger partial charge in [0.05, 0.1) is 0 Å². The van der Waals surface area contributed by atoms with Gasteiger partial charge in [-0.1, -0.05) is 0 Å². The second-order valence-electron chi connectivity index (χ2n) is 2.56. The van der Waals surface area contributed by atoms with Crippen LogP contribution in [0.15, 0.2) is 23.4 Å². The number of hydrogen-bond acceptors (Lipinski definition) is 0. The van der Waals surface area contributed by atoms with Gasteiger partial charge in [-0.05, 0) is 0 Å². The van der Waals surface area contributed by atoms with Gasteiger partial charge in [-0.3, -0.25) is 0 Å². The molecule has 0 radical (unpaired) electrons. The van der Waals surface area contributed by atoms with Crippen LogP contribution in [0.3, 0.4) is 0 Å². The van der Waals surface area contributed by atoms with Crippen molar-refractivity contribution in [3.8, 4) is 0 Å². The van der Waals surface area contributed by atoms with Crippen LogP contribution in [0.4, 0.5) is 0 Å². The Balaban J connectivity index is 1.81. The molecule has 0 aromatic rings. The summed E-state index contributed by atoms with van der Waals surface area (Å²) >= 11 is 5.17. The van der Waals surface area contributed by atoms with E-state index in [1.54, 1.807) is 10.6 Å². The molecule has 74 valence electrons. The van der Waals surface area contributed by atoms with Crippen LogP contribution in [0.2, 0.25) is 10.6 Å². The molecule has 0 unspecified atom stereocenters. The van der Waals surface area contributed by atoms with Crippen molar-refractivity contribution in [1.82, 2.24) is 0 Å².